The fraction of sp³-hybridized carbons (Fsp3) is 0.562. The van der Waals surface area contributed by atoms with Gasteiger partial charge in [0.25, 0.3) is 10.1 Å². The van der Waals surface area contributed by atoms with Crippen LogP contribution >= 0.6 is 0 Å². The van der Waals surface area contributed by atoms with Gasteiger partial charge in [-0.15, -0.1) is 6.42 Å². The molecule has 0 aliphatic heterocycles. The number of hydrogen-bond acceptors (Lipinski definition) is 4. The number of carbonyl (C=O) groups is 1. The van der Waals surface area contributed by atoms with Gasteiger partial charge in [0.2, 0.25) is 0 Å². The first kappa shape index (κ1) is 22.5. The van der Waals surface area contributed by atoms with Crippen LogP contribution in [0.25, 0.3) is 0 Å². The Labute approximate surface area is 133 Å². The number of Topliss-reactive ketones (excluding diaryl/α,β-unsaturated/α-hetero) is 1. The topological polar surface area (TPSA) is 91.9 Å². The van der Waals surface area contributed by atoms with Gasteiger partial charge < -0.3 is 5.48 Å². The maximum atomic E-state index is 11.8. The number of ketones is 1. The molecule has 2 N–H and O–H groups in total. The molecule has 0 bridgehead atoms. The van der Waals surface area contributed by atoms with Crippen LogP contribution in [0.3, 0.4) is 0 Å². The van der Waals surface area contributed by atoms with E-state index < -0.39 is 16.2 Å². The highest BCUT2D eigenvalue weighted by Gasteiger charge is 2.22. The molecule has 2 unspecified atom stereocenters. The normalized spacial score (nSPS) is 12.3. The van der Waals surface area contributed by atoms with E-state index in [-0.39, 0.29) is 22.9 Å². The van der Waals surface area contributed by atoms with Gasteiger partial charge in [0.15, 0.2) is 5.78 Å². The number of hydrogen-bond donors (Lipinski definition) is 0. The molecule has 2 atom stereocenters. The summed E-state index contributed by atoms with van der Waals surface area (Å²) in [7, 11) is -3.71. The maximum Gasteiger partial charge on any atom is 0.268 e. The molecule has 0 aromatic rings. The first-order valence-corrected chi connectivity index (χ1v) is 8.25. The molecule has 0 spiro atoms. The van der Waals surface area contributed by atoms with Gasteiger partial charge in [0, 0.05) is 6.42 Å². The van der Waals surface area contributed by atoms with E-state index in [2.05, 4.69) is 29.6 Å². The van der Waals surface area contributed by atoms with Gasteiger partial charge in [-0.05, 0) is 49.9 Å². The molecule has 0 saturated carbocycles. The van der Waals surface area contributed by atoms with Gasteiger partial charge in [-0.3, -0.25) is 8.98 Å². The van der Waals surface area contributed by atoms with Gasteiger partial charge in [-0.2, -0.15) is 8.42 Å². The molecule has 122 valence electrons. The summed E-state index contributed by atoms with van der Waals surface area (Å²) in [5.74, 6) is 11.9. The van der Waals surface area contributed by atoms with Gasteiger partial charge >= 0.3 is 0 Å². The highest BCUT2D eigenvalue weighted by Crippen LogP contribution is 2.15. The van der Waals surface area contributed by atoms with Crippen molar-refractivity contribution in [3.8, 4) is 36.0 Å². The van der Waals surface area contributed by atoms with Crippen LogP contribution in [0.1, 0.15) is 40.0 Å². The third kappa shape index (κ3) is 10.9. The second-order valence-corrected chi connectivity index (χ2v) is 6.22. The lowest BCUT2D eigenvalue weighted by Gasteiger charge is -2.15. The molecule has 0 aliphatic carbocycles. The molecule has 22 heavy (non-hydrogen) atoms. The van der Waals surface area contributed by atoms with Crippen LogP contribution in [0.2, 0.25) is 0 Å². The maximum absolute atomic E-state index is 11.8. The van der Waals surface area contributed by atoms with Crippen LogP contribution in [0.15, 0.2) is 0 Å². The van der Waals surface area contributed by atoms with E-state index in [0.717, 1.165) is 0 Å². The minimum Gasteiger partial charge on any atom is -0.412 e. The van der Waals surface area contributed by atoms with Crippen molar-refractivity contribution in [2.24, 2.45) is 5.92 Å². The average molecular weight is 326 g/mol. The lowest BCUT2D eigenvalue weighted by Crippen LogP contribution is -2.26. The second kappa shape index (κ2) is 11.8. The first-order chi connectivity index (χ1) is 9.82. The SMILES string of the molecule is C#CC#CC#CCCC(CC)CS(=O)(=O)OC(C)C(C)=O.O. The Hall–Kier alpha value is -1.78. The number of terminal acetylenes is 1. The standard InChI is InChI=1S/C16H20O4S.H2O/c1-5-7-8-9-10-11-12-16(6-2)13-21(18,19)20-15(4)14(3)17;/h1,15-16H,6,11-13H2,2-4H3;1H2. The molecule has 0 fully saturated rings. The third-order valence-corrected chi connectivity index (χ3v) is 4.31. The van der Waals surface area contributed by atoms with Gasteiger partial charge in [-0.1, -0.05) is 19.3 Å². The van der Waals surface area contributed by atoms with E-state index in [1.165, 1.54) is 13.8 Å². The Balaban J connectivity index is 0. The second-order valence-electron chi connectivity index (χ2n) is 4.58. The van der Waals surface area contributed by atoms with Gasteiger partial charge in [0.05, 0.1) is 5.75 Å². The Morgan fingerprint density at radius 2 is 1.91 bits per heavy atom. The molecule has 0 aromatic heterocycles. The molecule has 0 saturated heterocycles. The lowest BCUT2D eigenvalue weighted by molar-refractivity contribution is -0.122. The summed E-state index contributed by atoms with van der Waals surface area (Å²) in [4.78, 5) is 11.0. The highest BCUT2D eigenvalue weighted by atomic mass is 32.2. The van der Waals surface area contributed by atoms with Crippen LogP contribution in [-0.4, -0.2) is 31.5 Å². The van der Waals surface area contributed by atoms with E-state index in [1.54, 1.807) is 0 Å². The largest absolute Gasteiger partial charge is 0.412 e. The van der Waals surface area contributed by atoms with Crippen LogP contribution in [-0.2, 0) is 19.1 Å². The Bertz CT molecular complexity index is 605. The summed E-state index contributed by atoms with van der Waals surface area (Å²) in [6, 6.07) is 0. The molecule has 0 heterocycles. The molecule has 0 aromatic carbocycles. The fourth-order valence-electron chi connectivity index (χ4n) is 1.47. The highest BCUT2D eigenvalue weighted by molar-refractivity contribution is 7.86. The van der Waals surface area contributed by atoms with Crippen molar-refractivity contribution in [1.29, 1.82) is 0 Å². The number of carbonyl (C=O) groups excluding carboxylic acids is 1. The third-order valence-electron chi connectivity index (χ3n) is 2.84. The smallest absolute Gasteiger partial charge is 0.268 e. The van der Waals surface area contributed by atoms with Crippen molar-refractivity contribution >= 4 is 15.9 Å². The monoisotopic (exact) mass is 326 g/mol. The molecular formula is C16H22O5S. The molecule has 0 aliphatic rings. The average Bonchev–Trinajstić information content (AvgIpc) is 2.40. The zero-order chi connectivity index (χ0) is 16.3. The van der Waals surface area contributed by atoms with E-state index >= 15 is 0 Å². The zero-order valence-electron chi connectivity index (χ0n) is 13.1. The minimum atomic E-state index is -3.71. The molecule has 0 amide bonds. The van der Waals surface area contributed by atoms with E-state index in [1.807, 2.05) is 6.92 Å². The summed E-state index contributed by atoms with van der Waals surface area (Å²) in [5.41, 5.74) is 0. The molecule has 5 nitrogen and oxygen atoms in total. The minimum absolute atomic E-state index is 0. The summed E-state index contributed by atoms with van der Waals surface area (Å²) in [6.07, 6.45) is 5.86. The van der Waals surface area contributed by atoms with Crippen molar-refractivity contribution in [3.63, 3.8) is 0 Å². The molecule has 0 rings (SSSR count). The van der Waals surface area contributed by atoms with Crippen LogP contribution in [0.5, 0.6) is 0 Å². The van der Waals surface area contributed by atoms with Crippen molar-refractivity contribution < 1.29 is 22.9 Å². The first-order valence-electron chi connectivity index (χ1n) is 6.67. The Kier molecular flexibility index (Phi) is 12.1. The summed E-state index contributed by atoms with van der Waals surface area (Å²) < 4.78 is 28.5. The molecule has 6 heteroatoms. The number of rotatable bonds is 8. The van der Waals surface area contributed by atoms with E-state index in [9.17, 15) is 13.2 Å². The van der Waals surface area contributed by atoms with Crippen molar-refractivity contribution in [3.05, 3.63) is 0 Å². The summed E-state index contributed by atoms with van der Waals surface area (Å²) in [5, 5.41) is 0. The zero-order valence-corrected chi connectivity index (χ0v) is 13.9. The van der Waals surface area contributed by atoms with Gasteiger partial charge in [0.1, 0.15) is 6.10 Å². The fourth-order valence-corrected chi connectivity index (χ4v) is 3.10. The lowest BCUT2D eigenvalue weighted by atomic mass is 10.0. The van der Waals surface area contributed by atoms with Crippen molar-refractivity contribution in [1.82, 2.24) is 0 Å². The van der Waals surface area contributed by atoms with Crippen LogP contribution < -0.4 is 0 Å². The predicted molar refractivity (Wildman–Crippen MR) is 86.0 cm³/mol. The summed E-state index contributed by atoms with van der Waals surface area (Å²) >= 11 is 0. The van der Waals surface area contributed by atoms with E-state index in [4.69, 9.17) is 10.6 Å². The molecule has 0 radical (unpaired) electrons. The van der Waals surface area contributed by atoms with Crippen molar-refractivity contribution in [2.75, 3.05) is 5.75 Å². The van der Waals surface area contributed by atoms with Gasteiger partial charge in [-0.25, -0.2) is 0 Å². The Morgan fingerprint density at radius 3 is 2.41 bits per heavy atom. The van der Waals surface area contributed by atoms with Crippen molar-refractivity contribution in [2.45, 2.75) is 46.1 Å². The molecular weight excluding hydrogens is 304 g/mol. The quantitative estimate of drug-likeness (QED) is 0.490. The predicted octanol–water partition coefficient (Wildman–Crippen LogP) is 0.932. The van der Waals surface area contributed by atoms with E-state index in [0.29, 0.717) is 19.3 Å². The Morgan fingerprint density at radius 1 is 1.27 bits per heavy atom. The van der Waals surface area contributed by atoms with Crippen LogP contribution in [0.4, 0.5) is 0 Å². The summed E-state index contributed by atoms with van der Waals surface area (Å²) in [6.45, 7) is 4.63. The van der Waals surface area contributed by atoms with Crippen LogP contribution in [0, 0.1) is 41.9 Å².